The number of nitrogens with zero attached hydrogens (tertiary/aromatic N) is 1. The van der Waals surface area contributed by atoms with Crippen molar-refractivity contribution in [1.82, 2.24) is 10.3 Å². The predicted molar refractivity (Wildman–Crippen MR) is 64.0 cm³/mol. The van der Waals surface area contributed by atoms with Crippen LogP contribution in [-0.4, -0.2) is 30.1 Å². The Balaban J connectivity index is 2.17. The summed E-state index contributed by atoms with van der Waals surface area (Å²) in [5.41, 5.74) is 6.47. The number of carbonyl (C=O) groups is 1. The number of ether oxygens (including phenoxy) is 1. The number of nitrogens with one attached hydrogen (secondary N) is 1. The summed E-state index contributed by atoms with van der Waals surface area (Å²) >= 11 is 0. The Morgan fingerprint density at radius 2 is 2.18 bits per heavy atom. The zero-order chi connectivity index (χ0) is 12.3. The standard InChI is InChI=1S/C12H17N3O2/c1-8-2-3-10(11(13)16)12(15-8)17-9-4-6-14-7-5-9/h2-3,9,14H,4-7H2,1H3,(H2,13,16). The van der Waals surface area contributed by atoms with Gasteiger partial charge in [-0.05, 0) is 45.0 Å². The minimum absolute atomic E-state index is 0.114. The molecule has 0 radical (unpaired) electrons. The van der Waals surface area contributed by atoms with E-state index >= 15 is 0 Å². The molecule has 1 aliphatic heterocycles. The van der Waals surface area contributed by atoms with Gasteiger partial charge in [-0.1, -0.05) is 0 Å². The first-order chi connectivity index (χ1) is 8.16. The van der Waals surface area contributed by atoms with Gasteiger partial charge in [-0.15, -0.1) is 0 Å². The average molecular weight is 235 g/mol. The van der Waals surface area contributed by atoms with Gasteiger partial charge in [-0.3, -0.25) is 4.79 Å². The lowest BCUT2D eigenvalue weighted by Crippen LogP contribution is -2.34. The number of nitrogens with two attached hydrogens (primary N) is 1. The molecule has 1 aliphatic rings. The third-order valence-electron chi connectivity index (χ3n) is 2.83. The fraction of sp³-hybridized carbons (Fsp3) is 0.500. The Kier molecular flexibility index (Phi) is 3.58. The van der Waals surface area contributed by atoms with Crippen molar-refractivity contribution in [3.63, 3.8) is 0 Å². The van der Waals surface area contributed by atoms with Gasteiger partial charge in [0.2, 0.25) is 5.88 Å². The fourth-order valence-electron chi connectivity index (χ4n) is 1.88. The van der Waals surface area contributed by atoms with E-state index < -0.39 is 5.91 Å². The highest BCUT2D eigenvalue weighted by Gasteiger charge is 2.18. The molecular weight excluding hydrogens is 218 g/mol. The van der Waals surface area contributed by atoms with Gasteiger partial charge in [0.05, 0.1) is 0 Å². The summed E-state index contributed by atoms with van der Waals surface area (Å²) in [5, 5.41) is 3.26. The van der Waals surface area contributed by atoms with Crippen LogP contribution in [-0.2, 0) is 0 Å². The van der Waals surface area contributed by atoms with E-state index in [0.717, 1.165) is 31.6 Å². The van der Waals surface area contributed by atoms with Crippen LogP contribution in [0.15, 0.2) is 12.1 Å². The highest BCUT2D eigenvalue weighted by Crippen LogP contribution is 2.19. The van der Waals surface area contributed by atoms with E-state index in [1.165, 1.54) is 0 Å². The van der Waals surface area contributed by atoms with Gasteiger partial charge in [-0.2, -0.15) is 0 Å². The second kappa shape index (κ2) is 5.14. The second-order valence-corrected chi connectivity index (χ2v) is 4.24. The Morgan fingerprint density at radius 1 is 1.47 bits per heavy atom. The van der Waals surface area contributed by atoms with Crippen molar-refractivity contribution in [2.24, 2.45) is 5.73 Å². The van der Waals surface area contributed by atoms with E-state index in [1.54, 1.807) is 12.1 Å². The molecule has 0 saturated carbocycles. The summed E-state index contributed by atoms with van der Waals surface area (Å²) in [5.74, 6) is -0.133. The molecule has 1 amide bonds. The number of hydrogen-bond acceptors (Lipinski definition) is 4. The molecule has 2 rings (SSSR count). The number of rotatable bonds is 3. The SMILES string of the molecule is Cc1ccc(C(N)=O)c(OC2CCNCC2)n1. The first-order valence-electron chi connectivity index (χ1n) is 5.81. The smallest absolute Gasteiger partial charge is 0.254 e. The van der Waals surface area contributed by atoms with E-state index in [4.69, 9.17) is 10.5 Å². The molecule has 1 aromatic rings. The van der Waals surface area contributed by atoms with E-state index in [1.807, 2.05) is 6.92 Å². The minimum atomic E-state index is -0.499. The summed E-state index contributed by atoms with van der Waals surface area (Å²) in [6.45, 7) is 3.73. The molecule has 0 aliphatic carbocycles. The first-order valence-corrected chi connectivity index (χ1v) is 5.81. The van der Waals surface area contributed by atoms with Crippen LogP contribution in [0.3, 0.4) is 0 Å². The van der Waals surface area contributed by atoms with Gasteiger partial charge < -0.3 is 15.8 Å². The van der Waals surface area contributed by atoms with E-state index in [-0.39, 0.29) is 6.10 Å². The van der Waals surface area contributed by atoms with Crippen LogP contribution in [0.2, 0.25) is 0 Å². The van der Waals surface area contributed by atoms with Gasteiger partial charge in [-0.25, -0.2) is 4.98 Å². The number of carbonyl (C=O) groups excluding carboxylic acids is 1. The maximum Gasteiger partial charge on any atom is 0.254 e. The van der Waals surface area contributed by atoms with Crippen LogP contribution in [0.1, 0.15) is 28.9 Å². The van der Waals surface area contributed by atoms with Crippen molar-refractivity contribution in [3.05, 3.63) is 23.4 Å². The van der Waals surface area contributed by atoms with Crippen LogP contribution in [0, 0.1) is 6.92 Å². The van der Waals surface area contributed by atoms with Crippen molar-refractivity contribution in [3.8, 4) is 5.88 Å². The van der Waals surface area contributed by atoms with Gasteiger partial charge >= 0.3 is 0 Å². The molecule has 1 fully saturated rings. The lowest BCUT2D eigenvalue weighted by Gasteiger charge is -2.24. The molecule has 0 unspecified atom stereocenters. The third kappa shape index (κ3) is 2.94. The molecule has 2 heterocycles. The van der Waals surface area contributed by atoms with E-state index in [2.05, 4.69) is 10.3 Å². The Hall–Kier alpha value is -1.62. The fourth-order valence-corrected chi connectivity index (χ4v) is 1.88. The van der Waals surface area contributed by atoms with Crippen LogP contribution in [0.5, 0.6) is 5.88 Å². The van der Waals surface area contributed by atoms with E-state index in [0.29, 0.717) is 11.4 Å². The predicted octanol–water partition coefficient (Wildman–Crippen LogP) is 0.620. The van der Waals surface area contributed by atoms with Crippen LogP contribution in [0.4, 0.5) is 0 Å². The number of amides is 1. The summed E-state index contributed by atoms with van der Waals surface area (Å²) < 4.78 is 5.78. The summed E-state index contributed by atoms with van der Waals surface area (Å²) in [6.07, 6.45) is 1.96. The second-order valence-electron chi connectivity index (χ2n) is 4.24. The molecule has 17 heavy (non-hydrogen) atoms. The minimum Gasteiger partial charge on any atom is -0.474 e. The maximum atomic E-state index is 11.3. The van der Waals surface area contributed by atoms with Gasteiger partial charge in [0, 0.05) is 5.69 Å². The normalized spacial score (nSPS) is 16.8. The Labute approximate surface area is 100 Å². The molecule has 1 aromatic heterocycles. The van der Waals surface area contributed by atoms with Crippen molar-refractivity contribution in [2.75, 3.05) is 13.1 Å². The van der Waals surface area contributed by atoms with Crippen LogP contribution in [0.25, 0.3) is 0 Å². The number of aromatic nitrogens is 1. The molecule has 0 bridgehead atoms. The van der Waals surface area contributed by atoms with Crippen LogP contribution >= 0.6 is 0 Å². The molecular formula is C12H17N3O2. The summed E-state index contributed by atoms with van der Waals surface area (Å²) in [4.78, 5) is 15.5. The zero-order valence-electron chi connectivity index (χ0n) is 9.90. The van der Waals surface area contributed by atoms with E-state index in [9.17, 15) is 4.79 Å². The molecule has 0 aromatic carbocycles. The molecule has 5 nitrogen and oxygen atoms in total. The zero-order valence-corrected chi connectivity index (χ0v) is 9.90. The first kappa shape index (κ1) is 11.9. The van der Waals surface area contributed by atoms with Gasteiger partial charge in [0.1, 0.15) is 11.7 Å². The molecule has 0 spiro atoms. The largest absolute Gasteiger partial charge is 0.474 e. The Bertz CT molecular complexity index is 414. The van der Waals surface area contributed by atoms with Crippen molar-refractivity contribution in [2.45, 2.75) is 25.9 Å². The number of pyridine rings is 1. The molecule has 92 valence electrons. The topological polar surface area (TPSA) is 77.2 Å². The number of piperidine rings is 1. The third-order valence-corrected chi connectivity index (χ3v) is 2.83. The highest BCUT2D eigenvalue weighted by atomic mass is 16.5. The Morgan fingerprint density at radius 3 is 2.82 bits per heavy atom. The van der Waals surface area contributed by atoms with Crippen LogP contribution < -0.4 is 15.8 Å². The monoisotopic (exact) mass is 235 g/mol. The quantitative estimate of drug-likeness (QED) is 0.805. The molecule has 5 heteroatoms. The van der Waals surface area contributed by atoms with Crippen molar-refractivity contribution < 1.29 is 9.53 Å². The number of aryl methyl sites for hydroxylation is 1. The van der Waals surface area contributed by atoms with Crippen molar-refractivity contribution >= 4 is 5.91 Å². The molecule has 3 N–H and O–H groups in total. The van der Waals surface area contributed by atoms with Crippen molar-refractivity contribution in [1.29, 1.82) is 0 Å². The highest BCUT2D eigenvalue weighted by molar-refractivity contribution is 5.95. The molecule has 1 saturated heterocycles. The van der Waals surface area contributed by atoms with Gasteiger partial charge in [0.25, 0.3) is 5.91 Å². The van der Waals surface area contributed by atoms with Gasteiger partial charge in [0.15, 0.2) is 0 Å². The average Bonchev–Trinajstić information content (AvgIpc) is 2.30. The molecule has 0 atom stereocenters. The lowest BCUT2D eigenvalue weighted by atomic mass is 10.1. The summed E-state index contributed by atoms with van der Waals surface area (Å²) in [6, 6.07) is 3.43. The number of primary amides is 1. The lowest BCUT2D eigenvalue weighted by molar-refractivity contribution is 0.0986. The maximum absolute atomic E-state index is 11.3. The summed E-state index contributed by atoms with van der Waals surface area (Å²) in [7, 11) is 0. The number of hydrogen-bond donors (Lipinski definition) is 2.